The molecular weight excluding hydrogens is 276 g/mol. The Kier molecular flexibility index (Phi) is 4.36. The number of hydrogen-bond donors (Lipinski definition) is 1. The highest BCUT2D eigenvalue weighted by Crippen LogP contribution is 2.27. The average Bonchev–Trinajstić information content (AvgIpc) is 2.42. The van der Waals surface area contributed by atoms with E-state index >= 15 is 0 Å². The van der Waals surface area contributed by atoms with Crippen molar-refractivity contribution in [3.05, 3.63) is 23.3 Å². The Labute approximate surface area is 120 Å². The fourth-order valence-corrected chi connectivity index (χ4v) is 4.27. The monoisotopic (exact) mass is 298 g/mol. The molecule has 0 aliphatic carbocycles. The largest absolute Gasteiger partial charge is 0.399 e. The topological polar surface area (TPSA) is 72.6 Å². The molecule has 20 heavy (non-hydrogen) atoms. The molecule has 1 saturated heterocycles. The molecule has 1 aromatic carbocycles. The van der Waals surface area contributed by atoms with Gasteiger partial charge in [0.1, 0.15) is 0 Å². The number of rotatable bonds is 3. The molecule has 0 spiro atoms. The number of nitrogens with two attached hydrogens (primary N) is 1. The number of nitrogen functional groups attached to an aromatic ring is 1. The second kappa shape index (κ2) is 5.71. The van der Waals surface area contributed by atoms with Crippen LogP contribution in [0.2, 0.25) is 0 Å². The Bertz CT molecular complexity index is 593. The van der Waals surface area contributed by atoms with E-state index < -0.39 is 10.0 Å². The van der Waals surface area contributed by atoms with E-state index in [4.69, 9.17) is 10.5 Å². The highest BCUT2D eigenvalue weighted by Gasteiger charge is 2.30. The van der Waals surface area contributed by atoms with Crippen molar-refractivity contribution in [1.82, 2.24) is 4.31 Å². The van der Waals surface area contributed by atoms with E-state index in [1.807, 2.05) is 13.8 Å². The summed E-state index contributed by atoms with van der Waals surface area (Å²) in [6.45, 7) is 4.91. The molecule has 0 unspecified atom stereocenters. The summed E-state index contributed by atoms with van der Waals surface area (Å²) in [5.74, 6) is 0. The van der Waals surface area contributed by atoms with Gasteiger partial charge in [-0.25, -0.2) is 8.42 Å². The number of anilines is 1. The van der Waals surface area contributed by atoms with Gasteiger partial charge in [-0.05, 0) is 49.9 Å². The van der Waals surface area contributed by atoms with E-state index in [0.717, 1.165) is 24.0 Å². The molecule has 1 heterocycles. The van der Waals surface area contributed by atoms with Crippen molar-refractivity contribution in [2.24, 2.45) is 0 Å². The molecule has 0 atom stereocenters. The van der Waals surface area contributed by atoms with Gasteiger partial charge in [0.25, 0.3) is 0 Å². The smallest absolute Gasteiger partial charge is 0.243 e. The predicted octanol–water partition coefficient (Wildman–Crippen LogP) is 1.69. The summed E-state index contributed by atoms with van der Waals surface area (Å²) in [4.78, 5) is 0.309. The first-order valence-electron chi connectivity index (χ1n) is 6.76. The average molecular weight is 298 g/mol. The Balaban J connectivity index is 2.39. The zero-order valence-corrected chi connectivity index (χ0v) is 13.0. The van der Waals surface area contributed by atoms with Crippen molar-refractivity contribution in [3.8, 4) is 0 Å². The fraction of sp³-hybridized carbons (Fsp3) is 0.571. The maximum absolute atomic E-state index is 12.8. The molecule has 112 valence electrons. The van der Waals surface area contributed by atoms with Crippen LogP contribution in [0.1, 0.15) is 24.0 Å². The lowest BCUT2D eigenvalue weighted by Crippen LogP contribution is -2.40. The second-order valence-electron chi connectivity index (χ2n) is 5.33. The van der Waals surface area contributed by atoms with Crippen molar-refractivity contribution >= 4 is 15.7 Å². The Morgan fingerprint density at radius 2 is 1.85 bits per heavy atom. The number of ether oxygens (including phenoxy) is 1. The molecule has 2 N–H and O–H groups in total. The van der Waals surface area contributed by atoms with Gasteiger partial charge < -0.3 is 10.5 Å². The highest BCUT2D eigenvalue weighted by atomic mass is 32.2. The third kappa shape index (κ3) is 2.82. The van der Waals surface area contributed by atoms with Crippen LogP contribution in [0, 0.1) is 13.8 Å². The molecule has 0 saturated carbocycles. The van der Waals surface area contributed by atoms with Gasteiger partial charge in [0.05, 0.1) is 4.90 Å². The first-order valence-corrected chi connectivity index (χ1v) is 8.20. The van der Waals surface area contributed by atoms with Crippen molar-refractivity contribution < 1.29 is 13.2 Å². The van der Waals surface area contributed by atoms with Gasteiger partial charge in [-0.3, -0.25) is 0 Å². The first kappa shape index (κ1) is 15.3. The number of aryl methyl sites for hydroxylation is 1. The van der Waals surface area contributed by atoms with Gasteiger partial charge in [-0.1, -0.05) is 0 Å². The van der Waals surface area contributed by atoms with Crippen LogP contribution in [0.25, 0.3) is 0 Å². The van der Waals surface area contributed by atoms with Crippen LogP contribution >= 0.6 is 0 Å². The zero-order chi connectivity index (χ0) is 14.9. The lowest BCUT2D eigenvalue weighted by atomic mass is 10.1. The first-order chi connectivity index (χ1) is 9.34. The number of sulfonamides is 1. The summed E-state index contributed by atoms with van der Waals surface area (Å²) >= 11 is 0. The van der Waals surface area contributed by atoms with E-state index in [1.165, 1.54) is 4.31 Å². The molecule has 0 aromatic heterocycles. The van der Waals surface area contributed by atoms with Gasteiger partial charge in [0, 0.05) is 32.0 Å². The zero-order valence-electron chi connectivity index (χ0n) is 12.2. The lowest BCUT2D eigenvalue weighted by Gasteiger charge is -2.31. The summed E-state index contributed by atoms with van der Waals surface area (Å²) in [7, 11) is -1.87. The third-order valence-electron chi connectivity index (χ3n) is 4.00. The molecule has 1 fully saturated rings. The standard InChI is InChI=1S/C14H22N2O3S/c1-10-8-12(15)9-14(11(10)2)20(17,18)16(3)13-4-6-19-7-5-13/h8-9,13H,4-7,15H2,1-3H3. The van der Waals surface area contributed by atoms with Crippen molar-refractivity contribution in [2.45, 2.75) is 37.6 Å². The van der Waals surface area contributed by atoms with Gasteiger partial charge in [0.15, 0.2) is 0 Å². The maximum Gasteiger partial charge on any atom is 0.243 e. The van der Waals surface area contributed by atoms with Crippen LogP contribution in [0.5, 0.6) is 0 Å². The fourth-order valence-electron chi connectivity index (χ4n) is 2.52. The van der Waals surface area contributed by atoms with E-state index in [0.29, 0.717) is 23.8 Å². The molecular formula is C14H22N2O3S. The third-order valence-corrected chi connectivity index (χ3v) is 6.04. The van der Waals surface area contributed by atoms with Gasteiger partial charge >= 0.3 is 0 Å². The van der Waals surface area contributed by atoms with E-state index in [1.54, 1.807) is 19.2 Å². The van der Waals surface area contributed by atoms with Crippen LogP contribution in [0.15, 0.2) is 17.0 Å². The van der Waals surface area contributed by atoms with E-state index in [2.05, 4.69) is 0 Å². The summed E-state index contributed by atoms with van der Waals surface area (Å²) in [6.07, 6.45) is 1.46. The summed E-state index contributed by atoms with van der Waals surface area (Å²) in [5.41, 5.74) is 7.93. The SMILES string of the molecule is Cc1cc(N)cc(S(=O)(=O)N(C)C2CCOCC2)c1C. The molecule has 1 aliphatic rings. The van der Waals surface area contributed by atoms with Crippen molar-refractivity contribution in [3.63, 3.8) is 0 Å². The van der Waals surface area contributed by atoms with Crippen LogP contribution < -0.4 is 5.73 Å². The molecule has 2 rings (SSSR count). The Morgan fingerprint density at radius 1 is 1.25 bits per heavy atom. The van der Waals surface area contributed by atoms with E-state index in [9.17, 15) is 8.42 Å². The Hall–Kier alpha value is -1.11. The number of nitrogens with zero attached hydrogens (tertiary/aromatic N) is 1. The quantitative estimate of drug-likeness (QED) is 0.862. The highest BCUT2D eigenvalue weighted by molar-refractivity contribution is 7.89. The Morgan fingerprint density at radius 3 is 2.45 bits per heavy atom. The molecule has 5 nitrogen and oxygen atoms in total. The van der Waals surface area contributed by atoms with Crippen molar-refractivity contribution in [2.75, 3.05) is 26.0 Å². The molecule has 0 radical (unpaired) electrons. The van der Waals surface area contributed by atoms with Crippen LogP contribution in [-0.4, -0.2) is 39.0 Å². The molecule has 6 heteroatoms. The lowest BCUT2D eigenvalue weighted by molar-refractivity contribution is 0.0632. The molecule has 0 amide bonds. The number of benzene rings is 1. The minimum atomic E-state index is -3.52. The molecule has 0 bridgehead atoms. The number of hydrogen-bond acceptors (Lipinski definition) is 4. The van der Waals surface area contributed by atoms with Crippen LogP contribution in [-0.2, 0) is 14.8 Å². The predicted molar refractivity (Wildman–Crippen MR) is 79.1 cm³/mol. The summed E-state index contributed by atoms with van der Waals surface area (Å²) < 4.78 is 32.3. The molecule has 1 aliphatic heterocycles. The van der Waals surface area contributed by atoms with Crippen LogP contribution in [0.3, 0.4) is 0 Å². The second-order valence-corrected chi connectivity index (χ2v) is 7.29. The van der Waals surface area contributed by atoms with Gasteiger partial charge in [-0.2, -0.15) is 4.31 Å². The van der Waals surface area contributed by atoms with Crippen molar-refractivity contribution in [1.29, 1.82) is 0 Å². The van der Waals surface area contributed by atoms with E-state index in [-0.39, 0.29) is 6.04 Å². The maximum atomic E-state index is 12.8. The summed E-state index contributed by atoms with van der Waals surface area (Å²) in [6, 6.07) is 3.34. The van der Waals surface area contributed by atoms with Crippen LogP contribution in [0.4, 0.5) is 5.69 Å². The normalized spacial score (nSPS) is 17.6. The van der Waals surface area contributed by atoms with Gasteiger partial charge in [-0.15, -0.1) is 0 Å². The van der Waals surface area contributed by atoms with Gasteiger partial charge in [0.2, 0.25) is 10.0 Å². The summed E-state index contributed by atoms with van der Waals surface area (Å²) in [5, 5.41) is 0. The molecule has 1 aromatic rings. The minimum absolute atomic E-state index is 0.00473. The minimum Gasteiger partial charge on any atom is -0.399 e.